The molecule has 1 heterocycles. The fourth-order valence-electron chi connectivity index (χ4n) is 7.52. The molecule has 3 aromatic carbocycles. The number of carbonyl (C=O) groups excluding carboxylic acids is 6. The summed E-state index contributed by atoms with van der Waals surface area (Å²) in [5, 5.41) is 15.0. The number of para-hydroxylation sites is 1. The summed E-state index contributed by atoms with van der Waals surface area (Å²) < 4.78 is 0.913. The molecule has 0 bridgehead atoms. The third-order valence-corrected chi connectivity index (χ3v) is 11.5. The van der Waals surface area contributed by atoms with Crippen molar-refractivity contribution >= 4 is 68.2 Å². The van der Waals surface area contributed by atoms with Crippen LogP contribution in [0.2, 0.25) is 0 Å². The number of halogens is 1. The number of hydrogen-bond donors (Lipinski definition) is 9. The molecular weight excluding hydrogens is 844 g/mol. The van der Waals surface area contributed by atoms with Crippen molar-refractivity contribution in [3.8, 4) is 0 Å². The number of H-pyrrole nitrogens is 1. The first kappa shape index (κ1) is 45.8. The number of nitrogens with two attached hydrogens (primary N) is 3. The summed E-state index contributed by atoms with van der Waals surface area (Å²) in [6.07, 6.45) is 4.81. The number of aliphatic imine (C=N–C) groups is 1. The van der Waals surface area contributed by atoms with Crippen molar-refractivity contribution in [1.82, 2.24) is 31.6 Å². The highest BCUT2D eigenvalue weighted by Gasteiger charge is 2.44. The van der Waals surface area contributed by atoms with Crippen molar-refractivity contribution in [1.29, 1.82) is 0 Å². The van der Waals surface area contributed by atoms with Gasteiger partial charge in [0, 0.05) is 53.8 Å². The molecule has 1 aliphatic rings. The van der Waals surface area contributed by atoms with Gasteiger partial charge in [0.1, 0.15) is 23.7 Å². The van der Waals surface area contributed by atoms with Gasteiger partial charge in [0.15, 0.2) is 5.96 Å². The molecule has 1 aliphatic carbocycles. The quantitative estimate of drug-likeness (QED) is 0.0339. The smallest absolute Gasteiger partial charge is 0.246 e. The van der Waals surface area contributed by atoms with Gasteiger partial charge >= 0.3 is 0 Å². The molecule has 0 saturated heterocycles. The molecule has 0 saturated carbocycles. The Balaban J connectivity index is 1.44. The van der Waals surface area contributed by atoms with Crippen LogP contribution < -0.4 is 43.8 Å². The summed E-state index contributed by atoms with van der Waals surface area (Å²) in [6, 6.07) is 18.7. The molecule has 5 rings (SSSR count). The number of benzene rings is 3. The Morgan fingerprint density at radius 3 is 2.26 bits per heavy atom. The molecule has 324 valence electrons. The number of primary amides is 1. The number of hydrogen-bond acceptors (Lipinski definition) is 7. The summed E-state index contributed by atoms with van der Waals surface area (Å²) in [5.41, 5.74) is 19.3. The predicted molar refractivity (Wildman–Crippen MR) is 237 cm³/mol. The Labute approximate surface area is 363 Å². The first-order valence-electron chi connectivity index (χ1n) is 20.5. The third kappa shape index (κ3) is 12.9. The molecule has 0 unspecified atom stereocenters. The van der Waals surface area contributed by atoms with Gasteiger partial charge in [0.05, 0.1) is 6.54 Å². The number of rotatable bonds is 21. The Morgan fingerprint density at radius 2 is 1.52 bits per heavy atom. The summed E-state index contributed by atoms with van der Waals surface area (Å²) in [4.78, 5) is 89.1. The molecule has 4 aromatic rings. The zero-order chi connectivity index (χ0) is 43.9. The average molecular weight is 900 g/mol. The number of unbranched alkanes of at least 4 members (excludes halogenated alkanes) is 1. The Morgan fingerprint density at radius 1 is 0.820 bits per heavy atom. The van der Waals surface area contributed by atoms with E-state index in [1.807, 2.05) is 79.7 Å². The van der Waals surface area contributed by atoms with E-state index in [-0.39, 0.29) is 63.4 Å². The predicted octanol–water partition coefficient (Wildman–Crippen LogP) is 2.06. The van der Waals surface area contributed by atoms with E-state index in [0.29, 0.717) is 12.8 Å². The van der Waals surface area contributed by atoms with Gasteiger partial charge in [0.2, 0.25) is 35.4 Å². The van der Waals surface area contributed by atoms with Gasteiger partial charge in [-0.25, -0.2) is 0 Å². The molecule has 17 heteroatoms. The van der Waals surface area contributed by atoms with Crippen LogP contribution >= 0.6 is 15.9 Å². The summed E-state index contributed by atoms with van der Waals surface area (Å²) in [5.74, 6) is -3.74. The number of nitrogens with zero attached hydrogens (tertiary/aromatic N) is 1. The van der Waals surface area contributed by atoms with E-state index in [9.17, 15) is 28.8 Å². The lowest BCUT2D eigenvalue weighted by Crippen LogP contribution is -2.65. The van der Waals surface area contributed by atoms with Crippen molar-refractivity contribution in [3.63, 3.8) is 0 Å². The van der Waals surface area contributed by atoms with Gasteiger partial charge in [-0.2, -0.15) is 0 Å². The first-order chi connectivity index (χ1) is 29.3. The van der Waals surface area contributed by atoms with Gasteiger partial charge in [-0.1, -0.05) is 89.9 Å². The second-order valence-corrected chi connectivity index (χ2v) is 16.2. The van der Waals surface area contributed by atoms with Crippen LogP contribution in [0.5, 0.6) is 0 Å². The summed E-state index contributed by atoms with van der Waals surface area (Å²) in [6.45, 7) is 1.66. The minimum Gasteiger partial charge on any atom is -0.370 e. The number of fused-ring (bicyclic) bond motifs is 2. The number of carbonyl (C=O) groups is 6. The number of guanidine groups is 1. The highest BCUT2D eigenvalue weighted by atomic mass is 79.9. The van der Waals surface area contributed by atoms with Crippen molar-refractivity contribution in [3.05, 3.63) is 106 Å². The highest BCUT2D eigenvalue weighted by molar-refractivity contribution is 9.10. The number of amides is 6. The number of aromatic amines is 1. The van der Waals surface area contributed by atoms with Gasteiger partial charge in [0.25, 0.3) is 0 Å². The van der Waals surface area contributed by atoms with Crippen LogP contribution in [-0.4, -0.2) is 83.1 Å². The average Bonchev–Trinajstić information content (AvgIpc) is 3.65. The van der Waals surface area contributed by atoms with E-state index >= 15 is 0 Å². The maximum Gasteiger partial charge on any atom is 0.246 e. The molecular formula is C44H55BrN10O6. The van der Waals surface area contributed by atoms with E-state index < -0.39 is 59.7 Å². The van der Waals surface area contributed by atoms with Crippen LogP contribution in [0.25, 0.3) is 10.9 Å². The molecule has 6 amide bonds. The SMILES string of the molecule is CCCCC(=O)N[C@]1(C(=O)N[C@H](Cc2ccccc2)C(=O)N[C@@H](CCCN=C(N)N)C(=O)N[C@@H](Cc2c[nH]c3ccccc23)C(=O)NCC(N)=O)CCc2c(Br)cccc2C1. The van der Waals surface area contributed by atoms with Crippen molar-refractivity contribution in [2.75, 3.05) is 13.1 Å². The first-order valence-corrected chi connectivity index (χ1v) is 21.3. The summed E-state index contributed by atoms with van der Waals surface area (Å²) in [7, 11) is 0. The van der Waals surface area contributed by atoms with E-state index in [1.54, 1.807) is 6.20 Å². The lowest BCUT2D eigenvalue weighted by atomic mass is 9.76. The van der Waals surface area contributed by atoms with Crippen molar-refractivity contribution in [2.45, 2.75) is 94.8 Å². The minimum absolute atomic E-state index is 0.0352. The van der Waals surface area contributed by atoms with Crippen LogP contribution in [0.4, 0.5) is 0 Å². The highest BCUT2D eigenvalue weighted by Crippen LogP contribution is 2.34. The lowest BCUT2D eigenvalue weighted by molar-refractivity contribution is -0.137. The van der Waals surface area contributed by atoms with Crippen molar-refractivity contribution < 1.29 is 28.8 Å². The lowest BCUT2D eigenvalue weighted by Gasteiger charge is -2.39. The van der Waals surface area contributed by atoms with Crippen LogP contribution in [0.15, 0.2) is 88.5 Å². The zero-order valence-corrected chi connectivity index (χ0v) is 35.8. The fraction of sp³-hybridized carbons (Fsp3) is 0.386. The normalized spacial score (nSPS) is 15.9. The molecule has 12 N–H and O–H groups in total. The Kier molecular flexibility index (Phi) is 16.4. The monoisotopic (exact) mass is 898 g/mol. The van der Waals surface area contributed by atoms with Crippen LogP contribution in [0, 0.1) is 0 Å². The standard InChI is InChI=1S/C44H55BrN10O6/c1-2-3-18-38(57)55-44(20-19-30-28(24-44)13-9-15-32(30)45)42(61)54-35(22-27-11-5-4-6-12-27)41(60)52-34(17-10-21-49-43(47)48)40(59)53-36(39(58)51-26-37(46)56)23-29-25-50-33-16-8-7-14-31(29)33/h4-9,11-16,25,34-36,50H,2-3,10,17-24,26H2,1H3,(H2,46,56)(H,51,58)(H,52,60)(H,53,59)(H,54,61)(H,55,57)(H4,47,48,49)/t34-,35+,36-,44+/m0/s1. The van der Waals surface area contributed by atoms with E-state index in [2.05, 4.69) is 52.5 Å². The topological polar surface area (TPSA) is 269 Å². The van der Waals surface area contributed by atoms with Gasteiger partial charge < -0.3 is 48.8 Å². The molecule has 0 radical (unpaired) electrons. The van der Waals surface area contributed by atoms with Crippen LogP contribution in [0.3, 0.4) is 0 Å². The maximum atomic E-state index is 14.7. The summed E-state index contributed by atoms with van der Waals surface area (Å²) >= 11 is 3.63. The largest absolute Gasteiger partial charge is 0.370 e. The molecule has 4 atom stereocenters. The van der Waals surface area contributed by atoms with Crippen molar-refractivity contribution in [2.24, 2.45) is 22.2 Å². The van der Waals surface area contributed by atoms with Crippen LogP contribution in [0.1, 0.15) is 67.7 Å². The number of nitrogens with one attached hydrogen (secondary N) is 6. The van der Waals surface area contributed by atoms with E-state index in [0.717, 1.165) is 44.1 Å². The maximum absolute atomic E-state index is 14.7. The van der Waals surface area contributed by atoms with E-state index in [1.165, 1.54) is 0 Å². The Bertz CT molecular complexity index is 2230. The minimum atomic E-state index is -1.36. The molecule has 1 aromatic heterocycles. The molecule has 0 fully saturated rings. The second kappa shape index (κ2) is 21.9. The van der Waals surface area contributed by atoms with Gasteiger partial charge in [-0.3, -0.25) is 33.8 Å². The molecule has 16 nitrogen and oxygen atoms in total. The van der Waals surface area contributed by atoms with Gasteiger partial charge in [-0.15, -0.1) is 0 Å². The molecule has 0 aliphatic heterocycles. The number of aromatic nitrogens is 1. The van der Waals surface area contributed by atoms with E-state index in [4.69, 9.17) is 17.2 Å². The van der Waals surface area contributed by atoms with Gasteiger partial charge in [-0.05, 0) is 66.5 Å². The second-order valence-electron chi connectivity index (χ2n) is 15.3. The molecule has 61 heavy (non-hydrogen) atoms. The molecule has 0 spiro atoms. The third-order valence-electron chi connectivity index (χ3n) is 10.7. The fourth-order valence-corrected chi connectivity index (χ4v) is 8.13. The van der Waals surface area contributed by atoms with Crippen LogP contribution in [-0.2, 0) is 54.5 Å². The zero-order valence-electron chi connectivity index (χ0n) is 34.2. The Hall–Kier alpha value is -6.23.